The maximum atomic E-state index is 11.6. The number of hydrazone groups is 1. The topological polar surface area (TPSA) is 89.6 Å². The summed E-state index contributed by atoms with van der Waals surface area (Å²) in [7, 11) is 0. The minimum atomic E-state index is -1.04. The second-order valence-electron chi connectivity index (χ2n) is 7.21. The van der Waals surface area contributed by atoms with Gasteiger partial charge in [-0.3, -0.25) is 15.3 Å². The number of hydrogen-bond donors (Lipinski definition) is 2. The van der Waals surface area contributed by atoms with Crippen LogP contribution in [0.25, 0.3) is 0 Å². The summed E-state index contributed by atoms with van der Waals surface area (Å²) in [5.41, 5.74) is 6.17. The largest absolute Gasteiger partial charge is 0.477 e. The minimum absolute atomic E-state index is 0.0624. The SMILES string of the molecule is O=C(O)/C(CN1CCCC1)=N\NC1=Nc2ccc(Cl)cc2C(c2ccccc2)=NC1. The van der Waals surface area contributed by atoms with Gasteiger partial charge in [-0.15, -0.1) is 0 Å². The number of aliphatic carboxylic acids is 1. The van der Waals surface area contributed by atoms with Crippen molar-refractivity contribution < 1.29 is 9.90 Å². The molecule has 0 spiro atoms. The van der Waals surface area contributed by atoms with Gasteiger partial charge in [0.2, 0.25) is 0 Å². The number of rotatable bonds is 5. The van der Waals surface area contributed by atoms with Crippen molar-refractivity contribution >= 4 is 40.5 Å². The molecule has 0 atom stereocenters. The zero-order chi connectivity index (χ0) is 20.9. The highest BCUT2D eigenvalue weighted by atomic mass is 35.5. The van der Waals surface area contributed by atoms with Crippen molar-refractivity contribution in [3.05, 3.63) is 64.7 Å². The Balaban J connectivity index is 1.62. The third-order valence-electron chi connectivity index (χ3n) is 5.04. The number of fused-ring (bicyclic) bond motifs is 1. The molecule has 7 nitrogen and oxygen atoms in total. The smallest absolute Gasteiger partial charge is 0.353 e. The Labute approximate surface area is 179 Å². The highest BCUT2D eigenvalue weighted by Gasteiger charge is 2.20. The van der Waals surface area contributed by atoms with Crippen molar-refractivity contribution in [3.63, 3.8) is 0 Å². The maximum Gasteiger partial charge on any atom is 0.353 e. The van der Waals surface area contributed by atoms with Crippen LogP contribution in [0.15, 0.2) is 63.6 Å². The summed E-state index contributed by atoms with van der Waals surface area (Å²) in [5.74, 6) is -0.561. The summed E-state index contributed by atoms with van der Waals surface area (Å²) in [4.78, 5) is 23.1. The Morgan fingerprint density at radius 1 is 1.17 bits per heavy atom. The first kappa shape index (κ1) is 20.3. The van der Waals surface area contributed by atoms with Crippen LogP contribution in [0.2, 0.25) is 5.02 Å². The van der Waals surface area contributed by atoms with E-state index in [2.05, 4.69) is 20.4 Å². The molecule has 4 rings (SSSR count). The summed E-state index contributed by atoms with van der Waals surface area (Å²) >= 11 is 6.23. The number of benzene rings is 2. The molecular weight excluding hydrogens is 402 g/mol. The standard InChI is InChI=1S/C22H22ClN5O2/c23-16-8-9-18-17(12-16)21(15-6-2-1-3-7-15)24-13-20(25-18)27-26-19(22(29)30)14-28-10-4-5-11-28/h1-3,6-9,12H,4-5,10-11,13-14H2,(H,25,27)(H,29,30)/b26-19-. The van der Waals surface area contributed by atoms with Gasteiger partial charge in [-0.2, -0.15) is 5.10 Å². The normalized spacial score (nSPS) is 17.0. The second-order valence-corrected chi connectivity index (χ2v) is 7.65. The first-order chi connectivity index (χ1) is 14.6. The molecule has 2 aromatic carbocycles. The van der Waals surface area contributed by atoms with Crippen LogP contribution < -0.4 is 5.43 Å². The van der Waals surface area contributed by atoms with Crippen LogP contribution in [0.4, 0.5) is 5.69 Å². The maximum absolute atomic E-state index is 11.6. The molecule has 0 unspecified atom stereocenters. The van der Waals surface area contributed by atoms with E-state index in [9.17, 15) is 9.90 Å². The molecule has 0 aromatic heterocycles. The number of likely N-dealkylation sites (tertiary alicyclic amines) is 1. The van der Waals surface area contributed by atoms with E-state index in [4.69, 9.17) is 16.6 Å². The average molecular weight is 424 g/mol. The van der Waals surface area contributed by atoms with E-state index in [1.54, 1.807) is 6.07 Å². The molecule has 2 aromatic rings. The number of halogens is 1. The number of nitrogens with zero attached hydrogens (tertiary/aromatic N) is 4. The highest BCUT2D eigenvalue weighted by molar-refractivity contribution is 6.36. The number of carbonyl (C=O) groups is 1. The Kier molecular flexibility index (Phi) is 6.21. The quantitative estimate of drug-likeness (QED) is 0.570. The molecule has 154 valence electrons. The molecule has 0 radical (unpaired) electrons. The van der Waals surface area contributed by atoms with Gasteiger partial charge in [-0.05, 0) is 44.1 Å². The Hall–Kier alpha value is -3.03. The Bertz CT molecular complexity index is 1030. The van der Waals surface area contributed by atoms with Gasteiger partial charge in [-0.25, -0.2) is 9.79 Å². The molecule has 2 N–H and O–H groups in total. The van der Waals surface area contributed by atoms with E-state index in [1.807, 2.05) is 42.5 Å². The van der Waals surface area contributed by atoms with Crippen molar-refractivity contribution in [2.75, 3.05) is 26.2 Å². The van der Waals surface area contributed by atoms with E-state index in [-0.39, 0.29) is 12.3 Å². The number of carboxylic acids is 1. The number of aliphatic imine (C=N–C) groups is 2. The summed E-state index contributed by atoms with van der Waals surface area (Å²) in [5, 5.41) is 14.3. The summed E-state index contributed by atoms with van der Waals surface area (Å²) in [6.45, 7) is 2.34. The van der Waals surface area contributed by atoms with E-state index >= 15 is 0 Å². The molecule has 2 aliphatic heterocycles. The van der Waals surface area contributed by atoms with Gasteiger partial charge in [-0.1, -0.05) is 41.9 Å². The lowest BCUT2D eigenvalue weighted by atomic mass is 10.0. The third kappa shape index (κ3) is 4.75. The summed E-state index contributed by atoms with van der Waals surface area (Å²) in [6, 6.07) is 15.3. The molecule has 2 aliphatic rings. The summed E-state index contributed by atoms with van der Waals surface area (Å²) in [6.07, 6.45) is 2.17. The van der Waals surface area contributed by atoms with Crippen LogP contribution in [0.1, 0.15) is 24.0 Å². The third-order valence-corrected chi connectivity index (χ3v) is 5.28. The van der Waals surface area contributed by atoms with Crippen molar-refractivity contribution in [2.24, 2.45) is 15.1 Å². The van der Waals surface area contributed by atoms with Crippen LogP contribution in [0, 0.1) is 0 Å². The van der Waals surface area contributed by atoms with E-state index in [0.29, 0.717) is 23.1 Å². The van der Waals surface area contributed by atoms with Crippen LogP contribution in [0.5, 0.6) is 0 Å². The lowest BCUT2D eigenvalue weighted by Crippen LogP contribution is -2.34. The zero-order valence-corrected chi connectivity index (χ0v) is 17.1. The number of amidine groups is 1. The van der Waals surface area contributed by atoms with Crippen LogP contribution >= 0.6 is 11.6 Å². The van der Waals surface area contributed by atoms with Crippen molar-refractivity contribution in [1.82, 2.24) is 10.3 Å². The molecule has 0 aliphatic carbocycles. The number of carboxylic acid groups (broad SMARTS) is 1. The van der Waals surface area contributed by atoms with Crippen molar-refractivity contribution in [1.29, 1.82) is 0 Å². The summed E-state index contributed by atoms with van der Waals surface area (Å²) < 4.78 is 0. The number of hydrogen-bond acceptors (Lipinski definition) is 6. The predicted octanol–water partition coefficient (Wildman–Crippen LogP) is 3.35. The zero-order valence-electron chi connectivity index (χ0n) is 16.4. The van der Waals surface area contributed by atoms with Gasteiger partial charge in [0.25, 0.3) is 0 Å². The van der Waals surface area contributed by atoms with E-state index in [0.717, 1.165) is 42.8 Å². The number of nitrogens with one attached hydrogen (secondary N) is 1. The molecular formula is C22H22ClN5O2. The van der Waals surface area contributed by atoms with Gasteiger partial charge >= 0.3 is 5.97 Å². The van der Waals surface area contributed by atoms with Gasteiger partial charge in [0, 0.05) is 22.7 Å². The Morgan fingerprint density at radius 3 is 2.67 bits per heavy atom. The van der Waals surface area contributed by atoms with Crippen molar-refractivity contribution in [3.8, 4) is 0 Å². The molecule has 0 amide bonds. The molecule has 1 saturated heterocycles. The van der Waals surface area contributed by atoms with Gasteiger partial charge < -0.3 is 5.11 Å². The van der Waals surface area contributed by atoms with Gasteiger partial charge in [0.1, 0.15) is 5.84 Å². The predicted molar refractivity (Wildman–Crippen MR) is 119 cm³/mol. The van der Waals surface area contributed by atoms with Crippen LogP contribution in [-0.2, 0) is 4.79 Å². The average Bonchev–Trinajstić information content (AvgIpc) is 3.19. The lowest BCUT2D eigenvalue weighted by molar-refractivity contribution is -0.129. The Morgan fingerprint density at radius 2 is 1.93 bits per heavy atom. The van der Waals surface area contributed by atoms with E-state index < -0.39 is 5.97 Å². The first-order valence-corrected chi connectivity index (χ1v) is 10.2. The molecule has 8 heteroatoms. The monoisotopic (exact) mass is 423 g/mol. The molecule has 30 heavy (non-hydrogen) atoms. The van der Waals surface area contributed by atoms with Crippen LogP contribution in [-0.4, -0.2) is 59.4 Å². The van der Waals surface area contributed by atoms with Crippen LogP contribution in [0.3, 0.4) is 0 Å². The fraction of sp³-hybridized carbons (Fsp3) is 0.273. The van der Waals surface area contributed by atoms with Gasteiger partial charge in [0.15, 0.2) is 5.71 Å². The van der Waals surface area contributed by atoms with Gasteiger partial charge in [0.05, 0.1) is 17.9 Å². The molecule has 2 heterocycles. The molecule has 0 bridgehead atoms. The fourth-order valence-corrected chi connectivity index (χ4v) is 3.73. The minimum Gasteiger partial charge on any atom is -0.477 e. The molecule has 0 saturated carbocycles. The lowest BCUT2D eigenvalue weighted by Gasteiger charge is -2.14. The fourth-order valence-electron chi connectivity index (χ4n) is 3.55. The first-order valence-electron chi connectivity index (χ1n) is 9.86. The van der Waals surface area contributed by atoms with Crippen molar-refractivity contribution in [2.45, 2.75) is 12.8 Å². The highest BCUT2D eigenvalue weighted by Crippen LogP contribution is 2.28. The van der Waals surface area contributed by atoms with E-state index in [1.165, 1.54) is 0 Å². The molecule has 1 fully saturated rings. The second kappa shape index (κ2) is 9.19.